The molecule has 1 amide bonds. The van der Waals surface area contributed by atoms with Crippen LogP contribution in [-0.2, 0) is 22.7 Å². The van der Waals surface area contributed by atoms with Crippen molar-refractivity contribution in [3.05, 3.63) is 93.3 Å². The van der Waals surface area contributed by atoms with Crippen molar-refractivity contribution in [2.75, 3.05) is 0 Å². The van der Waals surface area contributed by atoms with Crippen molar-refractivity contribution in [1.29, 1.82) is 0 Å². The van der Waals surface area contributed by atoms with Gasteiger partial charge in [0.15, 0.2) is 0 Å². The number of benzene rings is 2. The summed E-state index contributed by atoms with van der Waals surface area (Å²) in [5, 5.41) is 4.91. The van der Waals surface area contributed by atoms with Gasteiger partial charge in [0.1, 0.15) is 11.8 Å². The van der Waals surface area contributed by atoms with Crippen LogP contribution in [0.15, 0.2) is 54.6 Å². The first-order valence-electron chi connectivity index (χ1n) is 9.35. The number of rotatable bonds is 7. The van der Waals surface area contributed by atoms with Gasteiger partial charge in [-0.2, -0.15) is 5.10 Å². The minimum atomic E-state index is -0.532. The Labute approximate surface area is 179 Å². The second-order valence-corrected chi connectivity index (χ2v) is 7.30. The molecule has 1 aromatic heterocycles. The first-order valence-corrected chi connectivity index (χ1v) is 9.73. The van der Waals surface area contributed by atoms with Gasteiger partial charge in [-0.1, -0.05) is 53.6 Å². The molecule has 3 aromatic rings. The van der Waals surface area contributed by atoms with E-state index in [2.05, 4.69) is 5.10 Å². The Morgan fingerprint density at radius 1 is 1.13 bits per heavy atom. The highest BCUT2D eigenvalue weighted by atomic mass is 35.5. The summed E-state index contributed by atoms with van der Waals surface area (Å²) in [7, 11) is 0. The smallest absolute Gasteiger partial charge is 0.331 e. The summed E-state index contributed by atoms with van der Waals surface area (Å²) >= 11 is 6.47. The second kappa shape index (κ2) is 9.41. The molecule has 0 saturated heterocycles. The molecule has 0 saturated carbocycles. The third-order valence-corrected chi connectivity index (χ3v) is 4.94. The van der Waals surface area contributed by atoms with Crippen LogP contribution in [0.5, 0.6) is 0 Å². The molecular formula is C23H22ClN3O3. The number of aryl methyl sites for hydroxylation is 2. The summed E-state index contributed by atoms with van der Waals surface area (Å²) in [6, 6.07) is 14.8. The van der Waals surface area contributed by atoms with E-state index in [1.807, 2.05) is 38.1 Å². The molecule has 1 heterocycles. The zero-order valence-electron chi connectivity index (χ0n) is 16.8. The number of hydrogen-bond donors (Lipinski definition) is 1. The van der Waals surface area contributed by atoms with Crippen LogP contribution in [0.4, 0.5) is 0 Å². The molecule has 2 aromatic carbocycles. The number of carbonyl (C=O) groups excluding carboxylic acids is 2. The molecule has 0 aliphatic carbocycles. The van der Waals surface area contributed by atoms with Crippen LogP contribution in [0.3, 0.4) is 0 Å². The number of hydrogen-bond acceptors (Lipinski definition) is 4. The number of nitrogens with zero attached hydrogens (tertiary/aromatic N) is 2. The maximum atomic E-state index is 12.1. The molecule has 0 bridgehead atoms. The lowest BCUT2D eigenvalue weighted by molar-refractivity contribution is -0.138. The van der Waals surface area contributed by atoms with Gasteiger partial charge in [-0.25, -0.2) is 9.48 Å². The third-order valence-electron chi connectivity index (χ3n) is 4.54. The highest BCUT2D eigenvalue weighted by Crippen LogP contribution is 2.22. The van der Waals surface area contributed by atoms with E-state index in [4.69, 9.17) is 22.1 Å². The fourth-order valence-corrected chi connectivity index (χ4v) is 3.19. The highest BCUT2D eigenvalue weighted by Gasteiger charge is 2.12. The summed E-state index contributed by atoms with van der Waals surface area (Å²) in [5.41, 5.74) is 9.94. The fourth-order valence-electron chi connectivity index (χ4n) is 2.90. The van der Waals surface area contributed by atoms with Gasteiger partial charge in [0.2, 0.25) is 5.91 Å². The Morgan fingerprint density at radius 2 is 1.87 bits per heavy atom. The summed E-state index contributed by atoms with van der Waals surface area (Å²) < 4.78 is 6.93. The molecular weight excluding hydrogens is 402 g/mol. The number of nitrogens with two attached hydrogens (primary N) is 1. The maximum Gasteiger partial charge on any atom is 0.331 e. The summed E-state index contributed by atoms with van der Waals surface area (Å²) in [6.45, 7) is 4.43. The van der Waals surface area contributed by atoms with Crippen LogP contribution in [0.25, 0.3) is 6.08 Å². The number of aromatic nitrogens is 2. The molecule has 0 atom stereocenters. The monoisotopic (exact) mass is 423 g/mol. The summed E-state index contributed by atoms with van der Waals surface area (Å²) in [4.78, 5) is 23.3. The van der Waals surface area contributed by atoms with E-state index in [-0.39, 0.29) is 6.61 Å². The average Bonchev–Trinajstić information content (AvgIpc) is 2.99. The van der Waals surface area contributed by atoms with Crippen molar-refractivity contribution < 1.29 is 14.3 Å². The Morgan fingerprint density at radius 3 is 2.57 bits per heavy atom. The molecule has 0 aliphatic heterocycles. The SMILES string of the molecule is Cc1ccc(Cn2nc(C)c(/C=C/C(=O)OCc3cccc(C(N)=O)c3)c2Cl)cc1. The van der Waals surface area contributed by atoms with Crippen LogP contribution in [0.1, 0.15) is 38.3 Å². The Kier molecular flexibility index (Phi) is 6.69. The zero-order chi connectivity index (χ0) is 21.7. The Hall–Kier alpha value is -3.38. The van der Waals surface area contributed by atoms with Crippen molar-refractivity contribution >= 4 is 29.6 Å². The number of carbonyl (C=O) groups is 2. The van der Waals surface area contributed by atoms with Crippen LogP contribution in [0, 0.1) is 13.8 Å². The zero-order valence-corrected chi connectivity index (χ0v) is 17.5. The van der Waals surface area contributed by atoms with E-state index in [0.717, 1.165) is 5.56 Å². The van der Waals surface area contributed by atoms with Crippen LogP contribution in [0.2, 0.25) is 5.15 Å². The molecule has 2 N–H and O–H groups in total. The van der Waals surface area contributed by atoms with E-state index in [0.29, 0.717) is 34.1 Å². The van der Waals surface area contributed by atoms with Crippen molar-refractivity contribution in [2.24, 2.45) is 5.73 Å². The molecule has 30 heavy (non-hydrogen) atoms. The van der Waals surface area contributed by atoms with Gasteiger partial charge in [0, 0.05) is 17.2 Å². The largest absolute Gasteiger partial charge is 0.458 e. The molecule has 0 radical (unpaired) electrons. The van der Waals surface area contributed by atoms with Crippen molar-refractivity contribution in [3.63, 3.8) is 0 Å². The third kappa shape index (κ3) is 5.36. The van der Waals surface area contributed by atoms with Gasteiger partial charge in [-0.15, -0.1) is 0 Å². The predicted molar refractivity (Wildman–Crippen MR) is 116 cm³/mol. The van der Waals surface area contributed by atoms with Gasteiger partial charge in [-0.3, -0.25) is 4.79 Å². The first-order chi connectivity index (χ1) is 14.3. The average molecular weight is 424 g/mol. The topological polar surface area (TPSA) is 87.2 Å². The van der Waals surface area contributed by atoms with Gasteiger partial charge in [0.25, 0.3) is 0 Å². The molecule has 0 aliphatic rings. The van der Waals surface area contributed by atoms with Gasteiger partial charge in [0.05, 0.1) is 12.2 Å². The fraction of sp³-hybridized carbons (Fsp3) is 0.174. The van der Waals surface area contributed by atoms with E-state index in [1.54, 1.807) is 35.0 Å². The van der Waals surface area contributed by atoms with Crippen molar-refractivity contribution in [2.45, 2.75) is 27.0 Å². The maximum absolute atomic E-state index is 12.1. The normalized spacial score (nSPS) is 11.0. The molecule has 154 valence electrons. The van der Waals surface area contributed by atoms with E-state index >= 15 is 0 Å². The molecule has 0 spiro atoms. The van der Waals surface area contributed by atoms with E-state index < -0.39 is 11.9 Å². The lowest BCUT2D eigenvalue weighted by atomic mass is 10.1. The summed E-state index contributed by atoms with van der Waals surface area (Å²) in [5.74, 6) is -1.06. The lowest BCUT2D eigenvalue weighted by Gasteiger charge is -2.04. The predicted octanol–water partition coefficient (Wildman–Crippen LogP) is 4.06. The number of ether oxygens (including phenoxy) is 1. The first kappa shape index (κ1) is 21.3. The number of halogens is 1. The summed E-state index contributed by atoms with van der Waals surface area (Å²) in [6.07, 6.45) is 2.91. The number of esters is 1. The van der Waals surface area contributed by atoms with Crippen LogP contribution < -0.4 is 5.73 Å². The van der Waals surface area contributed by atoms with Crippen molar-refractivity contribution in [1.82, 2.24) is 9.78 Å². The molecule has 6 nitrogen and oxygen atoms in total. The van der Waals surface area contributed by atoms with Gasteiger partial charge >= 0.3 is 5.97 Å². The number of primary amides is 1. The lowest BCUT2D eigenvalue weighted by Crippen LogP contribution is -2.11. The molecule has 3 rings (SSSR count). The molecule has 0 fully saturated rings. The minimum Gasteiger partial charge on any atom is -0.458 e. The van der Waals surface area contributed by atoms with Crippen LogP contribution >= 0.6 is 11.6 Å². The molecule has 7 heteroatoms. The van der Waals surface area contributed by atoms with E-state index in [9.17, 15) is 9.59 Å². The minimum absolute atomic E-state index is 0.0314. The quantitative estimate of drug-likeness (QED) is 0.458. The van der Waals surface area contributed by atoms with Gasteiger partial charge < -0.3 is 10.5 Å². The Balaban J connectivity index is 1.64. The number of amides is 1. The van der Waals surface area contributed by atoms with E-state index in [1.165, 1.54) is 11.6 Å². The van der Waals surface area contributed by atoms with Crippen LogP contribution in [-0.4, -0.2) is 21.7 Å². The van der Waals surface area contributed by atoms with Crippen molar-refractivity contribution in [3.8, 4) is 0 Å². The standard InChI is InChI=1S/C23H22ClN3O3/c1-15-6-8-17(9-7-15)13-27-22(24)20(16(2)26-27)10-11-21(28)30-14-18-4-3-5-19(12-18)23(25)29/h3-12H,13-14H2,1-2H3,(H2,25,29)/b11-10+. The second-order valence-electron chi connectivity index (χ2n) is 6.94. The molecule has 0 unspecified atom stereocenters. The Bertz CT molecular complexity index is 1100. The van der Waals surface area contributed by atoms with Gasteiger partial charge in [-0.05, 0) is 43.2 Å². The highest BCUT2D eigenvalue weighted by molar-refractivity contribution is 6.31.